The van der Waals surface area contributed by atoms with Crippen LogP contribution < -0.4 is 4.90 Å². The van der Waals surface area contributed by atoms with Crippen molar-refractivity contribution in [3.05, 3.63) is 39.9 Å². The smallest absolute Gasteiger partial charge is 0.238 e. The highest BCUT2D eigenvalue weighted by molar-refractivity contribution is 9.10. The zero-order valence-electron chi connectivity index (χ0n) is 14.5. The Morgan fingerprint density at radius 2 is 1.44 bits per heavy atom. The van der Waals surface area contributed by atoms with Crippen molar-refractivity contribution in [2.75, 3.05) is 4.90 Å². The minimum absolute atomic E-state index is 0.0476. The number of carbonyl (C=O) groups excluding carboxylic acids is 2. The lowest BCUT2D eigenvalue weighted by atomic mass is 9.63. The summed E-state index contributed by atoms with van der Waals surface area (Å²) in [6.07, 6.45) is 7.29. The third kappa shape index (κ3) is 1.98. The summed E-state index contributed by atoms with van der Waals surface area (Å²) in [5, 5.41) is 0. The molecule has 25 heavy (non-hydrogen) atoms. The summed E-state index contributed by atoms with van der Waals surface area (Å²) in [6, 6.07) is 4.11. The maximum absolute atomic E-state index is 13.4. The van der Waals surface area contributed by atoms with Crippen molar-refractivity contribution in [3.8, 4) is 0 Å². The van der Waals surface area contributed by atoms with Gasteiger partial charge < -0.3 is 0 Å². The van der Waals surface area contributed by atoms with E-state index in [1.807, 2.05) is 0 Å². The zero-order chi connectivity index (χ0) is 17.5. The standard InChI is InChI=1S/C21H22BrNO2/c1-3-10-7-12(22)8-11(4-2)19(10)23-20(24)17-13-5-6-14(16-9-15(13)16)18(17)21(23)25/h5-8,13-18H,3-4,9H2,1-2H3/t13-,14-,15-,16-,17-,18+/m1/s1. The average Bonchev–Trinajstić information content (AvgIpc) is 3.39. The fourth-order valence-corrected chi connectivity index (χ4v) is 6.27. The third-order valence-corrected chi connectivity index (χ3v) is 7.34. The van der Waals surface area contributed by atoms with Crippen LogP contribution in [0.15, 0.2) is 28.8 Å². The molecule has 6 atom stereocenters. The molecular weight excluding hydrogens is 378 g/mol. The Morgan fingerprint density at radius 1 is 0.960 bits per heavy atom. The van der Waals surface area contributed by atoms with Crippen LogP contribution in [0, 0.1) is 35.5 Å². The van der Waals surface area contributed by atoms with Crippen LogP contribution in [-0.2, 0) is 22.4 Å². The molecule has 3 fully saturated rings. The molecule has 1 aromatic rings. The molecule has 1 saturated heterocycles. The van der Waals surface area contributed by atoms with Crippen LogP contribution in [0.3, 0.4) is 0 Å². The number of rotatable bonds is 3. The minimum atomic E-state index is -0.121. The fourth-order valence-electron chi connectivity index (χ4n) is 5.72. The Hall–Kier alpha value is -1.42. The van der Waals surface area contributed by atoms with Gasteiger partial charge in [-0.25, -0.2) is 4.90 Å². The summed E-state index contributed by atoms with van der Waals surface area (Å²) in [5.41, 5.74) is 3.03. The van der Waals surface area contributed by atoms with Gasteiger partial charge in [-0.3, -0.25) is 9.59 Å². The van der Waals surface area contributed by atoms with Gasteiger partial charge in [0, 0.05) is 4.47 Å². The van der Waals surface area contributed by atoms with Gasteiger partial charge in [0.25, 0.3) is 0 Å². The van der Waals surface area contributed by atoms with Crippen molar-refractivity contribution in [1.29, 1.82) is 0 Å². The first-order chi connectivity index (χ1) is 12.1. The number of amides is 2. The van der Waals surface area contributed by atoms with Gasteiger partial charge in [-0.15, -0.1) is 0 Å². The molecule has 0 aromatic heterocycles. The Bertz CT molecular complexity index is 768. The van der Waals surface area contributed by atoms with E-state index < -0.39 is 0 Å². The van der Waals surface area contributed by atoms with Crippen molar-refractivity contribution >= 4 is 33.4 Å². The number of imide groups is 1. The van der Waals surface area contributed by atoms with E-state index >= 15 is 0 Å². The second-order valence-electron chi connectivity index (χ2n) is 7.95. The van der Waals surface area contributed by atoms with Crippen molar-refractivity contribution in [1.82, 2.24) is 0 Å². The van der Waals surface area contributed by atoms with E-state index in [0.717, 1.165) is 34.1 Å². The normalized spacial score (nSPS) is 37.5. The van der Waals surface area contributed by atoms with Crippen molar-refractivity contribution in [3.63, 3.8) is 0 Å². The molecule has 3 nitrogen and oxygen atoms in total. The van der Waals surface area contributed by atoms with E-state index in [4.69, 9.17) is 0 Å². The largest absolute Gasteiger partial charge is 0.274 e. The van der Waals surface area contributed by atoms with E-state index in [1.165, 1.54) is 6.42 Å². The lowest BCUT2D eigenvalue weighted by Crippen LogP contribution is -2.40. The zero-order valence-corrected chi connectivity index (χ0v) is 16.1. The van der Waals surface area contributed by atoms with Gasteiger partial charge in [0.1, 0.15) is 0 Å². The van der Waals surface area contributed by atoms with Crippen LogP contribution in [0.1, 0.15) is 31.4 Å². The number of anilines is 1. The quantitative estimate of drug-likeness (QED) is 0.565. The second kappa shape index (κ2) is 5.29. The summed E-state index contributed by atoms with van der Waals surface area (Å²) in [5.74, 6) is 1.72. The molecule has 5 aliphatic rings. The van der Waals surface area contributed by atoms with Gasteiger partial charge >= 0.3 is 0 Å². The van der Waals surface area contributed by atoms with E-state index in [1.54, 1.807) is 4.90 Å². The lowest BCUT2D eigenvalue weighted by Gasteiger charge is -2.37. The molecule has 0 unspecified atom stereocenters. The van der Waals surface area contributed by atoms with Gasteiger partial charge in [-0.05, 0) is 66.2 Å². The molecule has 1 aromatic carbocycles. The average molecular weight is 400 g/mol. The Kier molecular flexibility index (Phi) is 3.35. The molecule has 4 heteroatoms. The van der Waals surface area contributed by atoms with Crippen molar-refractivity contribution < 1.29 is 9.59 Å². The summed E-state index contributed by atoms with van der Waals surface area (Å²) in [4.78, 5) is 28.3. The first-order valence-corrected chi connectivity index (χ1v) is 10.2. The number of benzene rings is 1. The van der Waals surface area contributed by atoms with E-state index in [2.05, 4.69) is 54.1 Å². The minimum Gasteiger partial charge on any atom is -0.274 e. The number of nitrogens with zero attached hydrogens (tertiary/aromatic N) is 1. The molecule has 0 N–H and O–H groups in total. The number of hydrogen-bond acceptors (Lipinski definition) is 2. The SMILES string of the molecule is CCc1cc(Br)cc(CC)c1N1C(=O)[C@@H]2[C@@H]3C=C[C@H]([C@H]4C[C@H]34)[C@@H]2C1=O. The maximum atomic E-state index is 13.4. The molecular formula is C21H22BrNO2. The van der Waals surface area contributed by atoms with Gasteiger partial charge in [-0.1, -0.05) is 41.9 Å². The molecule has 2 bridgehead atoms. The van der Waals surface area contributed by atoms with Crippen molar-refractivity contribution in [2.45, 2.75) is 33.1 Å². The predicted molar refractivity (Wildman–Crippen MR) is 100 cm³/mol. The lowest BCUT2D eigenvalue weighted by molar-refractivity contribution is -0.124. The predicted octanol–water partition coefficient (Wildman–Crippen LogP) is 4.13. The highest BCUT2D eigenvalue weighted by Crippen LogP contribution is 2.65. The van der Waals surface area contributed by atoms with E-state index in [9.17, 15) is 9.59 Å². The van der Waals surface area contributed by atoms with Gasteiger partial charge in [0.2, 0.25) is 11.8 Å². The summed E-state index contributed by atoms with van der Waals surface area (Å²) in [6.45, 7) is 4.17. The van der Waals surface area contributed by atoms with E-state index in [-0.39, 0.29) is 35.5 Å². The number of carbonyl (C=O) groups is 2. The van der Waals surface area contributed by atoms with Gasteiger partial charge in [0.15, 0.2) is 0 Å². The number of halogens is 1. The molecule has 2 amide bonds. The van der Waals surface area contributed by atoms with Crippen LogP contribution in [0.5, 0.6) is 0 Å². The monoisotopic (exact) mass is 399 g/mol. The van der Waals surface area contributed by atoms with Crippen molar-refractivity contribution in [2.24, 2.45) is 35.5 Å². The van der Waals surface area contributed by atoms with Crippen LogP contribution in [0.2, 0.25) is 0 Å². The number of allylic oxidation sites excluding steroid dienone is 2. The summed E-state index contributed by atoms with van der Waals surface area (Å²) < 4.78 is 1.02. The molecule has 0 spiro atoms. The molecule has 4 aliphatic carbocycles. The Balaban J connectivity index is 1.63. The molecule has 1 heterocycles. The van der Waals surface area contributed by atoms with Crippen LogP contribution in [0.25, 0.3) is 0 Å². The topological polar surface area (TPSA) is 37.4 Å². The molecule has 0 radical (unpaired) electrons. The first kappa shape index (κ1) is 15.8. The highest BCUT2D eigenvalue weighted by Gasteiger charge is 2.67. The Labute approximate surface area is 156 Å². The maximum Gasteiger partial charge on any atom is 0.238 e. The molecule has 6 rings (SSSR count). The Morgan fingerprint density at radius 3 is 1.88 bits per heavy atom. The number of hydrogen-bond donors (Lipinski definition) is 0. The van der Waals surface area contributed by atoms with Crippen LogP contribution in [0.4, 0.5) is 5.69 Å². The second-order valence-corrected chi connectivity index (χ2v) is 8.86. The molecule has 1 aliphatic heterocycles. The van der Waals surface area contributed by atoms with Crippen LogP contribution >= 0.6 is 15.9 Å². The summed E-state index contributed by atoms with van der Waals surface area (Å²) >= 11 is 3.57. The highest BCUT2D eigenvalue weighted by atomic mass is 79.9. The third-order valence-electron chi connectivity index (χ3n) is 6.88. The summed E-state index contributed by atoms with van der Waals surface area (Å²) in [7, 11) is 0. The fraction of sp³-hybridized carbons (Fsp3) is 0.524. The molecule has 130 valence electrons. The van der Waals surface area contributed by atoms with Gasteiger partial charge in [-0.2, -0.15) is 0 Å². The van der Waals surface area contributed by atoms with Crippen LogP contribution in [-0.4, -0.2) is 11.8 Å². The number of aryl methyl sites for hydroxylation is 2. The first-order valence-electron chi connectivity index (χ1n) is 9.44. The van der Waals surface area contributed by atoms with E-state index in [0.29, 0.717) is 11.8 Å². The van der Waals surface area contributed by atoms with Gasteiger partial charge in [0.05, 0.1) is 17.5 Å². The molecule has 2 saturated carbocycles.